The fourth-order valence-electron chi connectivity index (χ4n) is 3.57. The number of benzene rings is 1. The van der Waals surface area contributed by atoms with Crippen LogP contribution in [0.3, 0.4) is 0 Å². The number of nitrogens with zero attached hydrogens (tertiary/aromatic N) is 1. The standard InChI is InChI=1S/C18H28N2O/c1-14-3-2-4-18(13-14)21-17-7-5-16(6-8-17)20-11-9-15(19)10-12-20/h5-8,14-15,18H,2-4,9-13,19H2,1H3. The van der Waals surface area contributed by atoms with E-state index in [2.05, 4.69) is 36.1 Å². The molecule has 2 fully saturated rings. The first-order valence-corrected chi connectivity index (χ1v) is 8.48. The molecule has 1 saturated heterocycles. The zero-order valence-electron chi connectivity index (χ0n) is 13.1. The molecule has 1 aromatic carbocycles. The maximum Gasteiger partial charge on any atom is 0.119 e. The lowest BCUT2D eigenvalue weighted by molar-refractivity contribution is 0.129. The van der Waals surface area contributed by atoms with Gasteiger partial charge in [0.1, 0.15) is 5.75 Å². The number of hydrogen-bond donors (Lipinski definition) is 1. The van der Waals surface area contributed by atoms with Gasteiger partial charge in [-0.25, -0.2) is 0 Å². The summed E-state index contributed by atoms with van der Waals surface area (Å²) in [6.07, 6.45) is 7.67. The molecular formula is C18H28N2O. The summed E-state index contributed by atoms with van der Waals surface area (Å²) in [6, 6.07) is 9.03. The van der Waals surface area contributed by atoms with Gasteiger partial charge >= 0.3 is 0 Å². The number of nitrogens with two attached hydrogens (primary N) is 1. The molecule has 2 atom stereocenters. The van der Waals surface area contributed by atoms with Gasteiger partial charge in [0.25, 0.3) is 0 Å². The number of ether oxygens (including phenoxy) is 1. The van der Waals surface area contributed by atoms with E-state index in [4.69, 9.17) is 10.5 Å². The number of hydrogen-bond acceptors (Lipinski definition) is 3. The van der Waals surface area contributed by atoms with Gasteiger partial charge < -0.3 is 15.4 Å². The number of anilines is 1. The molecule has 0 aromatic heterocycles. The molecule has 0 spiro atoms. The van der Waals surface area contributed by atoms with Crippen LogP contribution in [0, 0.1) is 5.92 Å². The SMILES string of the molecule is CC1CCCC(Oc2ccc(N3CCC(N)CC3)cc2)C1. The minimum Gasteiger partial charge on any atom is -0.490 e. The maximum absolute atomic E-state index is 6.15. The van der Waals surface area contributed by atoms with Crippen molar-refractivity contribution in [3.05, 3.63) is 24.3 Å². The van der Waals surface area contributed by atoms with Crippen molar-refractivity contribution in [1.82, 2.24) is 0 Å². The third-order valence-corrected chi connectivity index (χ3v) is 4.93. The number of rotatable bonds is 3. The summed E-state index contributed by atoms with van der Waals surface area (Å²) in [7, 11) is 0. The summed E-state index contributed by atoms with van der Waals surface area (Å²) in [5.74, 6) is 1.83. The Morgan fingerprint density at radius 2 is 1.76 bits per heavy atom. The van der Waals surface area contributed by atoms with Crippen LogP contribution in [-0.4, -0.2) is 25.2 Å². The van der Waals surface area contributed by atoms with Gasteiger partial charge in [-0.3, -0.25) is 0 Å². The van der Waals surface area contributed by atoms with Crippen molar-refractivity contribution in [2.24, 2.45) is 11.7 Å². The van der Waals surface area contributed by atoms with Crippen LogP contribution in [0.15, 0.2) is 24.3 Å². The Bertz CT molecular complexity index is 437. The second kappa shape index (κ2) is 6.69. The average Bonchev–Trinajstić information content (AvgIpc) is 2.49. The van der Waals surface area contributed by atoms with Crippen molar-refractivity contribution < 1.29 is 4.74 Å². The largest absolute Gasteiger partial charge is 0.490 e. The fourth-order valence-corrected chi connectivity index (χ4v) is 3.57. The molecule has 1 saturated carbocycles. The van der Waals surface area contributed by atoms with Crippen molar-refractivity contribution >= 4 is 5.69 Å². The summed E-state index contributed by atoms with van der Waals surface area (Å²) in [5.41, 5.74) is 7.27. The topological polar surface area (TPSA) is 38.5 Å². The third kappa shape index (κ3) is 3.91. The predicted octanol–water partition coefficient (Wildman–Crippen LogP) is 3.57. The molecule has 2 aliphatic rings. The van der Waals surface area contributed by atoms with E-state index in [1.54, 1.807) is 0 Å². The van der Waals surface area contributed by atoms with Crippen LogP contribution in [-0.2, 0) is 0 Å². The Morgan fingerprint density at radius 1 is 1.05 bits per heavy atom. The van der Waals surface area contributed by atoms with E-state index in [-0.39, 0.29) is 0 Å². The zero-order valence-corrected chi connectivity index (χ0v) is 13.1. The van der Waals surface area contributed by atoms with E-state index in [0.717, 1.165) is 37.6 Å². The van der Waals surface area contributed by atoms with Crippen LogP contribution in [0.1, 0.15) is 45.4 Å². The quantitative estimate of drug-likeness (QED) is 0.924. The van der Waals surface area contributed by atoms with Crippen LogP contribution in [0.4, 0.5) is 5.69 Å². The van der Waals surface area contributed by atoms with Crippen molar-refractivity contribution in [3.63, 3.8) is 0 Å². The van der Waals surface area contributed by atoms with Gasteiger partial charge in [-0.15, -0.1) is 0 Å². The Hall–Kier alpha value is -1.22. The molecule has 3 rings (SSSR count). The zero-order chi connectivity index (χ0) is 14.7. The van der Waals surface area contributed by atoms with Crippen molar-refractivity contribution in [2.75, 3.05) is 18.0 Å². The van der Waals surface area contributed by atoms with E-state index in [0.29, 0.717) is 12.1 Å². The second-order valence-electron chi connectivity index (χ2n) is 6.83. The Labute approximate surface area is 128 Å². The van der Waals surface area contributed by atoms with E-state index >= 15 is 0 Å². The van der Waals surface area contributed by atoms with Gasteiger partial charge in [0, 0.05) is 24.8 Å². The average molecular weight is 288 g/mol. The van der Waals surface area contributed by atoms with Crippen molar-refractivity contribution in [3.8, 4) is 5.75 Å². The molecule has 3 heteroatoms. The van der Waals surface area contributed by atoms with Crippen LogP contribution in [0.5, 0.6) is 5.75 Å². The molecule has 1 aliphatic carbocycles. The molecule has 1 aliphatic heterocycles. The first-order valence-electron chi connectivity index (χ1n) is 8.48. The van der Waals surface area contributed by atoms with Crippen LogP contribution in [0.2, 0.25) is 0 Å². The van der Waals surface area contributed by atoms with E-state index < -0.39 is 0 Å². The van der Waals surface area contributed by atoms with Gasteiger partial charge in [-0.1, -0.05) is 13.3 Å². The van der Waals surface area contributed by atoms with Crippen LogP contribution >= 0.6 is 0 Å². The van der Waals surface area contributed by atoms with Crippen LogP contribution in [0.25, 0.3) is 0 Å². The molecule has 2 unspecified atom stereocenters. The molecule has 0 bridgehead atoms. The molecule has 1 aromatic rings. The minimum absolute atomic E-state index is 0.386. The third-order valence-electron chi connectivity index (χ3n) is 4.93. The first-order chi connectivity index (χ1) is 10.2. The molecule has 1 heterocycles. The normalized spacial score (nSPS) is 27.6. The highest BCUT2D eigenvalue weighted by Crippen LogP contribution is 2.28. The minimum atomic E-state index is 0.386. The Kier molecular flexibility index (Phi) is 4.69. The molecular weight excluding hydrogens is 260 g/mol. The molecule has 0 radical (unpaired) electrons. The molecule has 0 amide bonds. The summed E-state index contributed by atoms with van der Waals surface area (Å²) in [5, 5.41) is 0. The predicted molar refractivity (Wildman–Crippen MR) is 87.9 cm³/mol. The fraction of sp³-hybridized carbons (Fsp3) is 0.667. The maximum atomic E-state index is 6.15. The lowest BCUT2D eigenvalue weighted by atomic mass is 9.89. The smallest absolute Gasteiger partial charge is 0.119 e. The monoisotopic (exact) mass is 288 g/mol. The summed E-state index contributed by atoms with van der Waals surface area (Å²) in [6.45, 7) is 4.47. The summed E-state index contributed by atoms with van der Waals surface area (Å²) in [4.78, 5) is 2.43. The van der Waals surface area contributed by atoms with Gasteiger partial charge in [-0.05, 0) is 62.3 Å². The lowest BCUT2D eigenvalue weighted by Crippen LogP contribution is -2.39. The van der Waals surface area contributed by atoms with Gasteiger partial charge in [0.15, 0.2) is 0 Å². The van der Waals surface area contributed by atoms with Crippen molar-refractivity contribution in [1.29, 1.82) is 0 Å². The van der Waals surface area contributed by atoms with Crippen LogP contribution < -0.4 is 15.4 Å². The van der Waals surface area contributed by atoms with Gasteiger partial charge in [0.2, 0.25) is 0 Å². The highest BCUT2D eigenvalue weighted by Gasteiger charge is 2.20. The summed E-state index contributed by atoms with van der Waals surface area (Å²) >= 11 is 0. The van der Waals surface area contributed by atoms with Gasteiger partial charge in [0.05, 0.1) is 6.10 Å². The lowest BCUT2D eigenvalue weighted by Gasteiger charge is -2.32. The summed E-state index contributed by atoms with van der Waals surface area (Å²) < 4.78 is 6.15. The highest BCUT2D eigenvalue weighted by atomic mass is 16.5. The van der Waals surface area contributed by atoms with E-state index in [1.165, 1.54) is 31.4 Å². The molecule has 116 valence electrons. The van der Waals surface area contributed by atoms with Gasteiger partial charge in [-0.2, -0.15) is 0 Å². The Balaban J connectivity index is 1.56. The van der Waals surface area contributed by atoms with E-state index in [9.17, 15) is 0 Å². The van der Waals surface area contributed by atoms with E-state index in [1.807, 2.05) is 0 Å². The second-order valence-corrected chi connectivity index (χ2v) is 6.83. The molecule has 2 N–H and O–H groups in total. The first kappa shape index (κ1) is 14.7. The number of piperidine rings is 1. The molecule has 21 heavy (non-hydrogen) atoms. The Morgan fingerprint density at radius 3 is 2.43 bits per heavy atom. The van der Waals surface area contributed by atoms with Crippen molar-refractivity contribution in [2.45, 2.75) is 57.6 Å². The molecule has 3 nitrogen and oxygen atoms in total. The highest BCUT2D eigenvalue weighted by molar-refractivity contribution is 5.49.